The molecular weight excluding hydrogens is 338 g/mol. The predicted molar refractivity (Wildman–Crippen MR) is 91.8 cm³/mol. The van der Waals surface area contributed by atoms with Crippen LogP contribution in [0.4, 0.5) is 4.79 Å². The zero-order chi connectivity index (χ0) is 18.7. The number of benzene rings is 1. The lowest BCUT2D eigenvalue weighted by atomic mass is 10.2. The summed E-state index contributed by atoms with van der Waals surface area (Å²) in [6, 6.07) is 6.53. The van der Waals surface area contributed by atoms with Gasteiger partial charge in [-0.1, -0.05) is 0 Å². The smallest absolute Gasteiger partial charge is 0.325 e. The zero-order valence-corrected chi connectivity index (χ0v) is 14.4. The summed E-state index contributed by atoms with van der Waals surface area (Å²) in [6.45, 7) is 1.43. The van der Waals surface area contributed by atoms with Crippen LogP contribution in [0, 0.1) is 0 Å². The molecule has 2 aromatic rings. The molecule has 1 aliphatic rings. The number of amides is 4. The lowest BCUT2D eigenvalue weighted by Gasteiger charge is -2.15. The highest BCUT2D eigenvalue weighted by Gasteiger charge is 2.30. The molecule has 0 aliphatic carbocycles. The highest BCUT2D eigenvalue weighted by atomic mass is 16.5. The third kappa shape index (κ3) is 3.66. The Kier molecular flexibility index (Phi) is 4.87. The zero-order valence-electron chi connectivity index (χ0n) is 14.4. The van der Waals surface area contributed by atoms with Gasteiger partial charge in [0, 0.05) is 11.8 Å². The molecule has 1 aliphatic heterocycles. The van der Waals surface area contributed by atoms with Crippen LogP contribution in [0.5, 0.6) is 5.75 Å². The van der Waals surface area contributed by atoms with Gasteiger partial charge in [-0.05, 0) is 31.2 Å². The van der Waals surface area contributed by atoms with Crippen LogP contribution in [0.2, 0.25) is 0 Å². The van der Waals surface area contributed by atoms with Crippen molar-refractivity contribution in [2.45, 2.75) is 13.0 Å². The fraction of sp³-hybridized carbons (Fsp3) is 0.294. The lowest BCUT2D eigenvalue weighted by molar-refractivity contribution is -0.130. The van der Waals surface area contributed by atoms with Crippen molar-refractivity contribution in [3.8, 4) is 11.4 Å². The van der Waals surface area contributed by atoms with E-state index >= 15 is 0 Å². The van der Waals surface area contributed by atoms with E-state index in [-0.39, 0.29) is 19.1 Å². The van der Waals surface area contributed by atoms with Crippen molar-refractivity contribution in [1.29, 1.82) is 0 Å². The third-order valence-electron chi connectivity index (χ3n) is 4.06. The number of nitrogens with zero attached hydrogens (tertiary/aromatic N) is 3. The SMILES string of the molecule is COc1ccc(-n2cc([C@@H](C)NC(=O)CN3C(=O)CNC3=O)cn2)cc1. The predicted octanol–water partition coefficient (Wildman–Crippen LogP) is 0.610. The second kappa shape index (κ2) is 7.26. The highest BCUT2D eigenvalue weighted by molar-refractivity contribution is 6.04. The second-order valence-corrected chi connectivity index (χ2v) is 5.84. The average molecular weight is 357 g/mol. The Hall–Kier alpha value is -3.36. The molecule has 2 heterocycles. The monoisotopic (exact) mass is 357 g/mol. The molecule has 4 amide bonds. The molecule has 9 nitrogen and oxygen atoms in total. The summed E-state index contributed by atoms with van der Waals surface area (Å²) in [4.78, 5) is 36.0. The molecule has 1 aromatic carbocycles. The van der Waals surface area contributed by atoms with Gasteiger partial charge in [0.15, 0.2) is 0 Å². The quantitative estimate of drug-likeness (QED) is 0.737. The summed E-state index contributed by atoms with van der Waals surface area (Å²) in [5.74, 6) is -0.0764. The van der Waals surface area contributed by atoms with Gasteiger partial charge >= 0.3 is 6.03 Å². The average Bonchev–Trinajstić information content (AvgIpc) is 3.24. The van der Waals surface area contributed by atoms with Crippen LogP contribution >= 0.6 is 0 Å². The Morgan fingerprint density at radius 3 is 2.69 bits per heavy atom. The molecule has 136 valence electrons. The molecule has 1 atom stereocenters. The number of methoxy groups -OCH3 is 1. The largest absolute Gasteiger partial charge is 0.497 e. The normalized spacial score (nSPS) is 14.9. The van der Waals surface area contributed by atoms with E-state index in [0.29, 0.717) is 0 Å². The van der Waals surface area contributed by atoms with Gasteiger partial charge < -0.3 is 15.4 Å². The van der Waals surface area contributed by atoms with Gasteiger partial charge in [-0.15, -0.1) is 0 Å². The molecule has 0 radical (unpaired) electrons. The lowest BCUT2D eigenvalue weighted by Crippen LogP contribution is -2.41. The van der Waals surface area contributed by atoms with Crippen LogP contribution in [0.1, 0.15) is 18.5 Å². The van der Waals surface area contributed by atoms with Crippen LogP contribution in [-0.4, -0.2) is 52.7 Å². The van der Waals surface area contributed by atoms with E-state index in [4.69, 9.17) is 4.74 Å². The van der Waals surface area contributed by atoms with Crippen LogP contribution in [-0.2, 0) is 9.59 Å². The Balaban J connectivity index is 1.62. The van der Waals surface area contributed by atoms with Crippen molar-refractivity contribution in [3.63, 3.8) is 0 Å². The van der Waals surface area contributed by atoms with Crippen LogP contribution < -0.4 is 15.4 Å². The highest BCUT2D eigenvalue weighted by Crippen LogP contribution is 2.17. The van der Waals surface area contributed by atoms with Crippen LogP contribution in [0.3, 0.4) is 0 Å². The van der Waals surface area contributed by atoms with E-state index in [9.17, 15) is 14.4 Å². The number of nitrogens with one attached hydrogen (secondary N) is 2. The van der Waals surface area contributed by atoms with E-state index in [0.717, 1.165) is 21.9 Å². The minimum absolute atomic E-state index is 0.0731. The van der Waals surface area contributed by atoms with E-state index in [2.05, 4.69) is 15.7 Å². The summed E-state index contributed by atoms with van der Waals surface area (Å²) in [5, 5.41) is 9.43. The molecule has 0 bridgehead atoms. The van der Waals surface area contributed by atoms with Gasteiger partial charge in [0.25, 0.3) is 5.91 Å². The maximum Gasteiger partial charge on any atom is 0.325 e. The number of hydrogen-bond acceptors (Lipinski definition) is 5. The number of rotatable bonds is 6. The van der Waals surface area contributed by atoms with Gasteiger partial charge in [0.2, 0.25) is 5.91 Å². The van der Waals surface area contributed by atoms with Gasteiger partial charge in [0.05, 0.1) is 31.6 Å². The van der Waals surface area contributed by atoms with Gasteiger partial charge in [0.1, 0.15) is 12.3 Å². The minimum atomic E-state index is -0.551. The van der Waals surface area contributed by atoms with Crippen molar-refractivity contribution in [2.24, 2.45) is 0 Å². The number of hydrogen-bond donors (Lipinski definition) is 2. The summed E-state index contributed by atoms with van der Waals surface area (Å²) < 4.78 is 6.82. The molecule has 1 aromatic heterocycles. The third-order valence-corrected chi connectivity index (χ3v) is 4.06. The molecule has 2 N–H and O–H groups in total. The second-order valence-electron chi connectivity index (χ2n) is 5.84. The first-order valence-electron chi connectivity index (χ1n) is 8.04. The van der Waals surface area contributed by atoms with Gasteiger partial charge in [-0.2, -0.15) is 5.10 Å². The van der Waals surface area contributed by atoms with Crippen molar-refractivity contribution in [3.05, 3.63) is 42.2 Å². The van der Waals surface area contributed by atoms with E-state index in [1.54, 1.807) is 31.1 Å². The number of urea groups is 1. The molecule has 1 fully saturated rings. The molecule has 0 spiro atoms. The maximum absolute atomic E-state index is 12.1. The van der Waals surface area contributed by atoms with E-state index < -0.39 is 17.8 Å². The summed E-state index contributed by atoms with van der Waals surface area (Å²) in [7, 11) is 1.60. The number of imide groups is 1. The molecule has 0 unspecified atom stereocenters. The Labute approximate surface area is 149 Å². The minimum Gasteiger partial charge on any atom is -0.497 e. The molecule has 26 heavy (non-hydrogen) atoms. The van der Waals surface area contributed by atoms with Crippen molar-refractivity contribution in [1.82, 2.24) is 25.3 Å². The van der Waals surface area contributed by atoms with Crippen LogP contribution in [0.25, 0.3) is 5.69 Å². The summed E-state index contributed by atoms with van der Waals surface area (Å²) in [6.07, 6.45) is 3.46. The molecule has 9 heteroatoms. The number of carbonyl (C=O) groups excluding carboxylic acids is 3. The molecule has 0 saturated carbocycles. The first-order chi connectivity index (χ1) is 12.5. The van der Waals surface area contributed by atoms with Gasteiger partial charge in [-0.25, -0.2) is 9.48 Å². The van der Waals surface area contributed by atoms with Gasteiger partial charge in [-0.3, -0.25) is 14.5 Å². The van der Waals surface area contributed by atoms with Crippen LogP contribution in [0.15, 0.2) is 36.7 Å². The fourth-order valence-electron chi connectivity index (χ4n) is 2.57. The Morgan fingerprint density at radius 1 is 1.35 bits per heavy atom. The molecule has 3 rings (SSSR count). The number of ether oxygens (including phenoxy) is 1. The number of carbonyl (C=O) groups is 3. The summed E-state index contributed by atoms with van der Waals surface area (Å²) in [5.41, 5.74) is 1.65. The van der Waals surface area contributed by atoms with Crippen molar-refractivity contribution < 1.29 is 19.1 Å². The molecule has 1 saturated heterocycles. The van der Waals surface area contributed by atoms with Crippen molar-refractivity contribution in [2.75, 3.05) is 20.2 Å². The summed E-state index contributed by atoms with van der Waals surface area (Å²) >= 11 is 0. The first-order valence-corrected chi connectivity index (χ1v) is 8.04. The topological polar surface area (TPSA) is 106 Å². The van der Waals surface area contributed by atoms with E-state index in [1.165, 1.54) is 0 Å². The van der Waals surface area contributed by atoms with Crippen molar-refractivity contribution >= 4 is 17.8 Å². The standard InChI is InChI=1S/C17H19N5O4/c1-11(20-15(23)10-21-16(24)8-18-17(21)25)12-7-19-22(9-12)13-3-5-14(26-2)6-4-13/h3-7,9,11H,8,10H2,1-2H3,(H,18,25)(H,20,23)/t11-/m1/s1. The molecular formula is C17H19N5O4. The Bertz CT molecular complexity index is 814. The maximum atomic E-state index is 12.1. The Morgan fingerprint density at radius 2 is 2.08 bits per heavy atom. The van der Waals surface area contributed by atoms with E-state index in [1.807, 2.05) is 24.3 Å². The number of aromatic nitrogens is 2. The fourth-order valence-corrected chi connectivity index (χ4v) is 2.57. The first kappa shape index (κ1) is 17.5.